The number of aliphatic imine (C=N–C) groups is 1. The number of hydrogen-bond donors (Lipinski definition) is 2. The van der Waals surface area contributed by atoms with E-state index in [1.54, 1.807) is 0 Å². The molecule has 0 radical (unpaired) electrons. The second-order valence-corrected chi connectivity index (χ2v) is 6.91. The van der Waals surface area contributed by atoms with Crippen molar-refractivity contribution in [3.63, 3.8) is 0 Å². The molecule has 1 saturated heterocycles. The van der Waals surface area contributed by atoms with Crippen molar-refractivity contribution in [1.29, 1.82) is 0 Å². The van der Waals surface area contributed by atoms with Crippen LogP contribution in [0.25, 0.3) is 0 Å². The van der Waals surface area contributed by atoms with Gasteiger partial charge in [0, 0.05) is 37.2 Å². The molecule has 0 bridgehead atoms. The van der Waals surface area contributed by atoms with E-state index in [0.717, 1.165) is 49.3 Å². The number of piperazine rings is 1. The van der Waals surface area contributed by atoms with Crippen molar-refractivity contribution in [1.82, 2.24) is 20.4 Å². The summed E-state index contributed by atoms with van der Waals surface area (Å²) in [4.78, 5) is 9.56. The highest BCUT2D eigenvalue weighted by atomic mass is 127. The standard InChI is InChI=1S/C18H30ClN5.HI/c1-5-20-18(21-12-15-13-23(3)10-11-24(15)4)22-14(2)16-8-6-7-9-17(16)19;/h6-9,14-15H,5,10-13H2,1-4H3,(H2,20,21,22);1H. The van der Waals surface area contributed by atoms with E-state index in [1.807, 2.05) is 24.3 Å². The maximum atomic E-state index is 6.30. The molecule has 1 aromatic rings. The zero-order chi connectivity index (χ0) is 17.5. The Labute approximate surface area is 174 Å². The third kappa shape index (κ3) is 6.92. The quantitative estimate of drug-likeness (QED) is 0.387. The number of halogens is 2. The summed E-state index contributed by atoms with van der Waals surface area (Å²) < 4.78 is 0. The van der Waals surface area contributed by atoms with Crippen LogP contribution in [0.5, 0.6) is 0 Å². The van der Waals surface area contributed by atoms with Crippen molar-refractivity contribution in [3.05, 3.63) is 34.9 Å². The van der Waals surface area contributed by atoms with Gasteiger partial charge in [0.25, 0.3) is 0 Å². The highest BCUT2D eigenvalue weighted by Gasteiger charge is 2.22. The summed E-state index contributed by atoms with van der Waals surface area (Å²) in [6, 6.07) is 8.49. The molecule has 25 heavy (non-hydrogen) atoms. The Morgan fingerprint density at radius 3 is 2.72 bits per heavy atom. The van der Waals surface area contributed by atoms with Gasteiger partial charge in [-0.15, -0.1) is 24.0 Å². The van der Waals surface area contributed by atoms with Gasteiger partial charge in [0.05, 0.1) is 12.6 Å². The van der Waals surface area contributed by atoms with Crippen molar-refractivity contribution in [3.8, 4) is 0 Å². The predicted molar refractivity (Wildman–Crippen MR) is 118 cm³/mol. The molecule has 2 unspecified atom stereocenters. The summed E-state index contributed by atoms with van der Waals surface area (Å²) in [6.45, 7) is 9.08. The Bertz CT molecular complexity index is 554. The molecule has 2 rings (SSSR count). The van der Waals surface area contributed by atoms with Gasteiger partial charge in [0.1, 0.15) is 0 Å². The number of rotatable bonds is 5. The van der Waals surface area contributed by atoms with Crippen molar-refractivity contribution < 1.29 is 0 Å². The number of nitrogens with zero attached hydrogens (tertiary/aromatic N) is 3. The summed E-state index contributed by atoms with van der Waals surface area (Å²) in [5.41, 5.74) is 1.08. The highest BCUT2D eigenvalue weighted by Crippen LogP contribution is 2.21. The van der Waals surface area contributed by atoms with Crippen LogP contribution < -0.4 is 10.6 Å². The average Bonchev–Trinajstić information content (AvgIpc) is 2.56. The van der Waals surface area contributed by atoms with Crippen LogP contribution >= 0.6 is 35.6 Å². The van der Waals surface area contributed by atoms with Gasteiger partial charge < -0.3 is 15.5 Å². The van der Waals surface area contributed by atoms with Gasteiger partial charge >= 0.3 is 0 Å². The first-order valence-electron chi connectivity index (χ1n) is 8.69. The maximum absolute atomic E-state index is 6.30. The summed E-state index contributed by atoms with van der Waals surface area (Å²) in [7, 11) is 4.35. The monoisotopic (exact) mass is 479 g/mol. The second-order valence-electron chi connectivity index (χ2n) is 6.50. The Kier molecular flexibility index (Phi) is 10.1. The van der Waals surface area contributed by atoms with E-state index in [2.05, 4.69) is 48.4 Å². The lowest BCUT2D eigenvalue weighted by molar-refractivity contribution is 0.119. The van der Waals surface area contributed by atoms with E-state index in [9.17, 15) is 0 Å². The molecule has 5 nitrogen and oxygen atoms in total. The van der Waals surface area contributed by atoms with Crippen molar-refractivity contribution in [2.45, 2.75) is 25.9 Å². The van der Waals surface area contributed by atoms with Gasteiger partial charge in [0.2, 0.25) is 0 Å². The molecule has 7 heteroatoms. The molecule has 1 aliphatic rings. The van der Waals surface area contributed by atoms with Crippen LogP contribution in [0, 0.1) is 0 Å². The van der Waals surface area contributed by atoms with E-state index in [1.165, 1.54) is 0 Å². The molecule has 0 aliphatic carbocycles. The number of hydrogen-bond acceptors (Lipinski definition) is 3. The summed E-state index contributed by atoms with van der Waals surface area (Å²) in [5.74, 6) is 0.839. The molecule has 0 amide bonds. The maximum Gasteiger partial charge on any atom is 0.191 e. The van der Waals surface area contributed by atoms with E-state index in [0.29, 0.717) is 6.04 Å². The Morgan fingerprint density at radius 1 is 1.32 bits per heavy atom. The molecule has 1 heterocycles. The van der Waals surface area contributed by atoms with Crippen LogP contribution in [-0.2, 0) is 0 Å². The first-order valence-corrected chi connectivity index (χ1v) is 9.07. The van der Waals surface area contributed by atoms with Crippen LogP contribution in [0.1, 0.15) is 25.5 Å². The number of likely N-dealkylation sites (N-methyl/N-ethyl adjacent to an activating group) is 2. The van der Waals surface area contributed by atoms with Gasteiger partial charge in [-0.1, -0.05) is 29.8 Å². The molecule has 142 valence electrons. The normalized spacial score (nSPS) is 20.7. The number of benzene rings is 1. The lowest BCUT2D eigenvalue weighted by Gasteiger charge is -2.37. The van der Waals surface area contributed by atoms with Crippen molar-refractivity contribution >= 4 is 41.5 Å². The minimum Gasteiger partial charge on any atom is -0.357 e. The molecule has 2 atom stereocenters. The average molecular weight is 480 g/mol. The van der Waals surface area contributed by atoms with E-state index in [-0.39, 0.29) is 30.0 Å². The Morgan fingerprint density at radius 2 is 2.04 bits per heavy atom. The zero-order valence-corrected chi connectivity index (χ0v) is 18.7. The van der Waals surface area contributed by atoms with Crippen molar-refractivity contribution in [2.24, 2.45) is 4.99 Å². The smallest absolute Gasteiger partial charge is 0.191 e. The largest absolute Gasteiger partial charge is 0.357 e. The fourth-order valence-electron chi connectivity index (χ4n) is 2.92. The van der Waals surface area contributed by atoms with Crippen LogP contribution in [0.15, 0.2) is 29.3 Å². The number of guanidine groups is 1. The lowest BCUT2D eigenvalue weighted by atomic mass is 10.1. The van der Waals surface area contributed by atoms with Gasteiger partial charge in [-0.05, 0) is 39.6 Å². The van der Waals surface area contributed by atoms with Gasteiger partial charge in [0.15, 0.2) is 5.96 Å². The summed E-state index contributed by atoms with van der Waals surface area (Å²) in [6.07, 6.45) is 0. The summed E-state index contributed by atoms with van der Waals surface area (Å²) >= 11 is 6.30. The first kappa shape index (κ1) is 22.5. The molecule has 0 aromatic heterocycles. The van der Waals surface area contributed by atoms with E-state index >= 15 is 0 Å². The predicted octanol–water partition coefficient (Wildman–Crippen LogP) is 2.82. The van der Waals surface area contributed by atoms with E-state index in [4.69, 9.17) is 16.6 Å². The zero-order valence-electron chi connectivity index (χ0n) is 15.6. The fourth-order valence-corrected chi connectivity index (χ4v) is 3.22. The van der Waals surface area contributed by atoms with Crippen LogP contribution in [0.4, 0.5) is 0 Å². The molecule has 1 fully saturated rings. The molecule has 0 spiro atoms. The number of nitrogens with one attached hydrogen (secondary N) is 2. The van der Waals surface area contributed by atoms with Gasteiger partial charge in [-0.3, -0.25) is 9.89 Å². The van der Waals surface area contributed by atoms with E-state index < -0.39 is 0 Å². The molecule has 1 aliphatic heterocycles. The minimum absolute atomic E-state index is 0. The molecule has 2 N–H and O–H groups in total. The van der Waals surface area contributed by atoms with Gasteiger partial charge in [-0.25, -0.2) is 0 Å². The Balaban J connectivity index is 0.00000312. The van der Waals surface area contributed by atoms with Gasteiger partial charge in [-0.2, -0.15) is 0 Å². The minimum atomic E-state index is 0. The highest BCUT2D eigenvalue weighted by molar-refractivity contribution is 14.0. The molecule has 1 aromatic carbocycles. The topological polar surface area (TPSA) is 42.9 Å². The third-order valence-corrected chi connectivity index (χ3v) is 4.85. The molecular weight excluding hydrogens is 449 g/mol. The SMILES string of the molecule is CCNC(=NCC1CN(C)CCN1C)NC(C)c1ccccc1Cl.I. The molecule has 0 saturated carbocycles. The van der Waals surface area contributed by atoms with Crippen LogP contribution in [-0.4, -0.2) is 68.6 Å². The first-order chi connectivity index (χ1) is 11.5. The van der Waals surface area contributed by atoms with Crippen LogP contribution in [0.2, 0.25) is 5.02 Å². The third-order valence-electron chi connectivity index (χ3n) is 4.51. The lowest BCUT2D eigenvalue weighted by Crippen LogP contribution is -2.51. The van der Waals surface area contributed by atoms with Crippen molar-refractivity contribution in [2.75, 3.05) is 46.8 Å². The molecular formula is C18H31ClIN5. The second kappa shape index (κ2) is 11.2. The van der Waals surface area contributed by atoms with Crippen LogP contribution in [0.3, 0.4) is 0 Å². The Hall–Kier alpha value is -0.570. The summed E-state index contributed by atoms with van der Waals surface area (Å²) in [5, 5.41) is 7.57. The fraction of sp³-hybridized carbons (Fsp3) is 0.611.